The third kappa shape index (κ3) is 4.09. The van der Waals surface area contributed by atoms with E-state index in [-0.39, 0.29) is 12.4 Å². The van der Waals surface area contributed by atoms with E-state index in [1.807, 2.05) is 41.8 Å². The molecular weight excluding hydrogens is 392 g/mol. The van der Waals surface area contributed by atoms with Crippen LogP contribution in [-0.4, -0.2) is 32.7 Å². The highest BCUT2D eigenvalue weighted by Crippen LogP contribution is 2.22. The van der Waals surface area contributed by atoms with Crippen LogP contribution in [0.2, 0.25) is 0 Å². The van der Waals surface area contributed by atoms with Crippen LogP contribution in [0.15, 0.2) is 67.0 Å². The Morgan fingerprint density at radius 2 is 1.87 bits per heavy atom. The van der Waals surface area contributed by atoms with Crippen LogP contribution in [0.5, 0.6) is 0 Å². The van der Waals surface area contributed by atoms with Crippen LogP contribution in [0.1, 0.15) is 32.8 Å². The lowest BCUT2D eigenvalue weighted by Crippen LogP contribution is -2.14. The molecule has 0 aliphatic carbocycles. The number of hydrogen-bond donors (Lipinski definition) is 0. The number of ether oxygens (including phenoxy) is 1. The number of esters is 1. The first-order valence-electron chi connectivity index (χ1n) is 9.84. The fourth-order valence-corrected chi connectivity index (χ4v) is 3.50. The van der Waals surface area contributed by atoms with Gasteiger partial charge in [-0.1, -0.05) is 18.2 Å². The predicted molar refractivity (Wildman–Crippen MR) is 115 cm³/mol. The normalized spacial score (nSPS) is 10.7. The number of para-hydroxylation sites is 1. The molecule has 31 heavy (non-hydrogen) atoms. The van der Waals surface area contributed by atoms with E-state index < -0.39 is 5.97 Å². The molecule has 0 unspecified atom stereocenters. The number of hydrogen-bond acceptors (Lipinski definition) is 5. The Hall–Kier alpha value is -4.18. The van der Waals surface area contributed by atoms with Crippen LogP contribution < -0.4 is 0 Å². The standard InChI is InChI=1S/C24H20N4O3/c1-17-11-13-26-28(17)19-9-7-18(8-10-19)24(30)31-16-23(29)21-15-27(14-4-12-25)22-6-3-2-5-20(21)22/h2-3,5-11,13,15H,4,14,16H2,1H3. The molecule has 0 atom stereocenters. The lowest BCUT2D eigenvalue weighted by Gasteiger charge is -2.07. The average Bonchev–Trinajstić information content (AvgIpc) is 3.39. The van der Waals surface area contributed by atoms with Crippen molar-refractivity contribution in [1.82, 2.24) is 14.3 Å². The largest absolute Gasteiger partial charge is 0.454 e. The molecule has 2 aromatic heterocycles. The van der Waals surface area contributed by atoms with E-state index in [2.05, 4.69) is 11.2 Å². The van der Waals surface area contributed by atoms with Gasteiger partial charge in [0.05, 0.1) is 23.7 Å². The highest BCUT2D eigenvalue weighted by molar-refractivity contribution is 6.09. The molecule has 2 aromatic carbocycles. The van der Waals surface area contributed by atoms with E-state index in [1.165, 1.54) is 0 Å². The maximum Gasteiger partial charge on any atom is 0.338 e. The molecule has 0 aliphatic heterocycles. The zero-order chi connectivity index (χ0) is 21.8. The van der Waals surface area contributed by atoms with Gasteiger partial charge in [-0.15, -0.1) is 0 Å². The number of Topliss-reactive ketones (excluding diaryl/α,β-unsaturated/α-hetero) is 1. The van der Waals surface area contributed by atoms with E-state index >= 15 is 0 Å². The number of carbonyl (C=O) groups excluding carboxylic acids is 2. The first kappa shape index (κ1) is 20.1. The van der Waals surface area contributed by atoms with Gasteiger partial charge in [0.25, 0.3) is 0 Å². The van der Waals surface area contributed by atoms with Crippen molar-refractivity contribution in [1.29, 1.82) is 5.26 Å². The summed E-state index contributed by atoms with van der Waals surface area (Å²) >= 11 is 0. The number of ketones is 1. The van der Waals surface area contributed by atoms with E-state index in [1.54, 1.807) is 41.3 Å². The monoisotopic (exact) mass is 412 g/mol. The fourth-order valence-electron chi connectivity index (χ4n) is 3.50. The number of carbonyl (C=O) groups is 2. The first-order valence-corrected chi connectivity index (χ1v) is 9.84. The lowest BCUT2D eigenvalue weighted by molar-refractivity contribution is 0.0475. The van der Waals surface area contributed by atoms with Crippen molar-refractivity contribution in [3.05, 3.63) is 83.8 Å². The van der Waals surface area contributed by atoms with E-state index in [0.29, 0.717) is 24.1 Å². The van der Waals surface area contributed by atoms with Gasteiger partial charge < -0.3 is 9.30 Å². The van der Waals surface area contributed by atoms with Crippen molar-refractivity contribution in [3.8, 4) is 11.8 Å². The van der Waals surface area contributed by atoms with Crippen molar-refractivity contribution < 1.29 is 14.3 Å². The Labute approximate surface area is 179 Å². The maximum absolute atomic E-state index is 12.8. The van der Waals surface area contributed by atoms with Crippen LogP contribution in [-0.2, 0) is 11.3 Å². The van der Waals surface area contributed by atoms with Crippen LogP contribution in [0.4, 0.5) is 0 Å². The predicted octanol–water partition coefficient (Wildman–Crippen LogP) is 4.09. The molecule has 0 spiro atoms. The van der Waals surface area contributed by atoms with Crippen LogP contribution >= 0.6 is 0 Å². The van der Waals surface area contributed by atoms with Gasteiger partial charge >= 0.3 is 5.97 Å². The molecule has 2 heterocycles. The topological polar surface area (TPSA) is 89.9 Å². The third-order valence-electron chi connectivity index (χ3n) is 5.07. The summed E-state index contributed by atoms with van der Waals surface area (Å²) in [5.41, 5.74) is 3.52. The Morgan fingerprint density at radius 1 is 1.10 bits per heavy atom. The van der Waals surface area contributed by atoms with E-state index in [0.717, 1.165) is 22.3 Å². The van der Waals surface area contributed by atoms with Crippen LogP contribution in [0, 0.1) is 18.3 Å². The molecule has 4 aromatic rings. The number of fused-ring (bicyclic) bond motifs is 1. The minimum Gasteiger partial charge on any atom is -0.454 e. The Kier molecular flexibility index (Phi) is 5.63. The van der Waals surface area contributed by atoms with Gasteiger partial charge in [0, 0.05) is 41.1 Å². The average molecular weight is 412 g/mol. The highest BCUT2D eigenvalue weighted by Gasteiger charge is 2.17. The second kappa shape index (κ2) is 8.67. The summed E-state index contributed by atoms with van der Waals surface area (Å²) in [4.78, 5) is 25.2. The molecule has 4 rings (SSSR count). The molecule has 0 amide bonds. The van der Waals surface area contributed by atoms with Crippen LogP contribution in [0.3, 0.4) is 0 Å². The molecular formula is C24H20N4O3. The first-order chi connectivity index (χ1) is 15.1. The summed E-state index contributed by atoms with van der Waals surface area (Å²) < 4.78 is 8.91. The van der Waals surface area contributed by atoms with E-state index in [9.17, 15) is 9.59 Å². The molecule has 7 nitrogen and oxygen atoms in total. The smallest absolute Gasteiger partial charge is 0.338 e. The molecule has 154 valence electrons. The Balaban J connectivity index is 1.46. The summed E-state index contributed by atoms with van der Waals surface area (Å²) in [6, 6.07) is 18.3. The van der Waals surface area contributed by atoms with Crippen LogP contribution in [0.25, 0.3) is 16.6 Å². The van der Waals surface area contributed by atoms with Gasteiger partial charge in [-0.25, -0.2) is 9.48 Å². The summed E-state index contributed by atoms with van der Waals surface area (Å²) in [5.74, 6) is -0.852. The number of aryl methyl sites for hydroxylation is 2. The molecule has 0 bridgehead atoms. The Bertz CT molecular complexity index is 1290. The Morgan fingerprint density at radius 3 is 2.58 bits per heavy atom. The van der Waals surface area contributed by atoms with Crippen molar-refractivity contribution >= 4 is 22.7 Å². The molecule has 0 N–H and O–H groups in total. The quantitative estimate of drug-likeness (QED) is 0.337. The second-order valence-electron chi connectivity index (χ2n) is 7.09. The maximum atomic E-state index is 12.8. The highest BCUT2D eigenvalue weighted by atomic mass is 16.5. The summed E-state index contributed by atoms with van der Waals surface area (Å²) in [5, 5.41) is 13.9. The molecule has 0 saturated carbocycles. The summed E-state index contributed by atoms with van der Waals surface area (Å²) in [6.45, 7) is 2.08. The molecule has 0 aliphatic rings. The third-order valence-corrected chi connectivity index (χ3v) is 5.07. The van der Waals surface area contributed by atoms with Gasteiger partial charge in [-0.3, -0.25) is 4.79 Å². The molecule has 7 heteroatoms. The SMILES string of the molecule is Cc1ccnn1-c1ccc(C(=O)OCC(=O)c2cn(CCC#N)c3ccccc23)cc1. The molecule has 0 fully saturated rings. The number of rotatable bonds is 7. The molecule has 0 radical (unpaired) electrons. The van der Waals surface area contributed by atoms with E-state index in [4.69, 9.17) is 10.00 Å². The van der Waals surface area contributed by atoms with Gasteiger partial charge in [0.15, 0.2) is 6.61 Å². The number of nitrogens with zero attached hydrogens (tertiary/aromatic N) is 4. The van der Waals surface area contributed by atoms with Gasteiger partial charge in [-0.2, -0.15) is 10.4 Å². The fraction of sp³-hybridized carbons (Fsp3) is 0.167. The van der Waals surface area contributed by atoms with Crippen molar-refractivity contribution in [2.45, 2.75) is 19.9 Å². The minimum absolute atomic E-state index is 0.288. The zero-order valence-electron chi connectivity index (χ0n) is 17.0. The van der Waals surface area contributed by atoms with Gasteiger partial charge in [-0.05, 0) is 43.3 Å². The summed E-state index contributed by atoms with van der Waals surface area (Å²) in [7, 11) is 0. The van der Waals surface area contributed by atoms with Crippen molar-refractivity contribution in [2.75, 3.05) is 6.61 Å². The van der Waals surface area contributed by atoms with Gasteiger partial charge in [0.1, 0.15) is 0 Å². The lowest BCUT2D eigenvalue weighted by atomic mass is 10.1. The van der Waals surface area contributed by atoms with Crippen molar-refractivity contribution in [2.24, 2.45) is 0 Å². The molecule has 0 saturated heterocycles. The summed E-state index contributed by atoms with van der Waals surface area (Å²) in [6.07, 6.45) is 3.77. The minimum atomic E-state index is -0.565. The zero-order valence-corrected chi connectivity index (χ0v) is 17.0. The number of nitriles is 1. The second-order valence-corrected chi connectivity index (χ2v) is 7.09. The van der Waals surface area contributed by atoms with Crippen molar-refractivity contribution in [3.63, 3.8) is 0 Å². The number of benzene rings is 2. The number of aromatic nitrogens is 3. The van der Waals surface area contributed by atoms with Gasteiger partial charge in [0.2, 0.25) is 5.78 Å².